The van der Waals surface area contributed by atoms with Crippen molar-refractivity contribution in [2.24, 2.45) is 11.8 Å². The molecule has 170 valence electrons. The molecule has 0 aliphatic carbocycles. The number of aldehydes is 1. The summed E-state index contributed by atoms with van der Waals surface area (Å²) in [7, 11) is 0. The smallest absolute Gasteiger partial charge is 0.214 e. The van der Waals surface area contributed by atoms with Crippen molar-refractivity contribution >= 4 is 35.9 Å². The van der Waals surface area contributed by atoms with Crippen LogP contribution in [0.3, 0.4) is 0 Å². The number of benzene rings is 1. The summed E-state index contributed by atoms with van der Waals surface area (Å²) in [6.07, 6.45) is 6.75. The molecule has 2 heterocycles. The van der Waals surface area contributed by atoms with Crippen LogP contribution in [0.2, 0.25) is 0 Å². The van der Waals surface area contributed by atoms with Gasteiger partial charge in [-0.05, 0) is 68.2 Å². The Balaban J connectivity index is 1.74. The Bertz CT molecular complexity index is 876. The number of hydrogen-bond donors (Lipinski definition) is 1. The van der Waals surface area contributed by atoms with Crippen molar-refractivity contribution in [3.8, 4) is 0 Å². The van der Waals surface area contributed by atoms with Crippen molar-refractivity contribution in [2.75, 3.05) is 30.3 Å². The third-order valence-corrected chi connectivity index (χ3v) is 7.32. The van der Waals surface area contributed by atoms with Crippen LogP contribution >= 0.6 is 11.8 Å². The number of halogens is 1. The predicted molar refractivity (Wildman–Crippen MR) is 124 cm³/mol. The van der Waals surface area contributed by atoms with E-state index in [1.165, 1.54) is 17.0 Å². The largest absolute Gasteiger partial charge is 0.317 e. The van der Waals surface area contributed by atoms with Crippen molar-refractivity contribution in [1.82, 2.24) is 10.3 Å². The lowest BCUT2D eigenvalue weighted by Crippen LogP contribution is -2.39. The van der Waals surface area contributed by atoms with E-state index in [-0.39, 0.29) is 23.3 Å². The van der Waals surface area contributed by atoms with Crippen LogP contribution in [0.15, 0.2) is 48.8 Å². The molecule has 1 aromatic carbocycles. The third-order valence-electron chi connectivity index (χ3n) is 5.81. The van der Waals surface area contributed by atoms with Gasteiger partial charge in [0.1, 0.15) is 12.1 Å². The standard InChI is InChI=1S/C24H28FN3O3S/c25-20-3-5-21(6-4-20)28(17-30)13-15-32-24(18-7-11-26-12-8-18)22(9-14-29)23(31)19-2-1-10-27-16-19/h1-6,10,14,16-18,22,24,26H,7-9,11-13,15H2. The van der Waals surface area contributed by atoms with Gasteiger partial charge in [-0.2, -0.15) is 11.8 Å². The van der Waals surface area contributed by atoms with Crippen LogP contribution in [0.5, 0.6) is 0 Å². The van der Waals surface area contributed by atoms with E-state index < -0.39 is 5.92 Å². The lowest BCUT2D eigenvalue weighted by molar-refractivity contribution is -0.108. The normalized spacial score (nSPS) is 16.2. The quantitative estimate of drug-likeness (QED) is 0.389. The number of amides is 1. The number of nitrogens with zero attached hydrogens (tertiary/aromatic N) is 2. The summed E-state index contributed by atoms with van der Waals surface area (Å²) in [5.74, 6) is 0.0283. The zero-order valence-corrected chi connectivity index (χ0v) is 18.7. The summed E-state index contributed by atoms with van der Waals surface area (Å²) in [6.45, 7) is 2.19. The first-order valence-electron chi connectivity index (χ1n) is 10.8. The molecule has 8 heteroatoms. The first-order valence-corrected chi connectivity index (χ1v) is 11.9. The molecule has 0 saturated carbocycles. The van der Waals surface area contributed by atoms with Crippen molar-refractivity contribution in [3.63, 3.8) is 0 Å². The molecular weight excluding hydrogens is 429 g/mol. The summed E-state index contributed by atoms with van der Waals surface area (Å²) in [4.78, 5) is 42.0. The second-order valence-corrected chi connectivity index (χ2v) is 9.10. The maximum Gasteiger partial charge on any atom is 0.214 e. The Hall–Kier alpha value is -2.58. The minimum atomic E-state index is -0.444. The fraction of sp³-hybridized carbons (Fsp3) is 0.417. The van der Waals surface area contributed by atoms with E-state index in [2.05, 4.69) is 10.3 Å². The molecule has 1 fully saturated rings. The van der Waals surface area contributed by atoms with Crippen molar-refractivity contribution in [1.29, 1.82) is 0 Å². The van der Waals surface area contributed by atoms with Gasteiger partial charge in [0, 0.05) is 53.5 Å². The van der Waals surface area contributed by atoms with E-state index in [4.69, 9.17) is 0 Å². The molecule has 1 N–H and O–H groups in total. The van der Waals surface area contributed by atoms with E-state index in [9.17, 15) is 18.8 Å². The number of Topliss-reactive ketones (excluding diaryl/α,β-unsaturated/α-hetero) is 1. The van der Waals surface area contributed by atoms with Crippen LogP contribution in [-0.2, 0) is 9.59 Å². The molecule has 1 aromatic heterocycles. The van der Waals surface area contributed by atoms with Crippen LogP contribution in [0.25, 0.3) is 0 Å². The second kappa shape index (κ2) is 12.5. The van der Waals surface area contributed by atoms with Gasteiger partial charge >= 0.3 is 0 Å². The van der Waals surface area contributed by atoms with Gasteiger partial charge in [-0.1, -0.05) is 0 Å². The molecule has 2 atom stereocenters. The summed E-state index contributed by atoms with van der Waals surface area (Å²) in [5, 5.41) is 3.31. The van der Waals surface area contributed by atoms with Gasteiger partial charge in [-0.3, -0.25) is 14.6 Å². The van der Waals surface area contributed by atoms with Gasteiger partial charge < -0.3 is 15.0 Å². The average molecular weight is 458 g/mol. The molecule has 0 radical (unpaired) electrons. The highest BCUT2D eigenvalue weighted by Crippen LogP contribution is 2.35. The predicted octanol–water partition coefficient (Wildman–Crippen LogP) is 3.37. The maximum absolute atomic E-state index is 13.3. The number of pyridine rings is 1. The van der Waals surface area contributed by atoms with Crippen LogP contribution < -0.4 is 10.2 Å². The second-order valence-electron chi connectivity index (χ2n) is 7.81. The number of carbonyl (C=O) groups is 3. The zero-order valence-electron chi connectivity index (χ0n) is 17.9. The molecule has 3 rings (SSSR count). The van der Waals surface area contributed by atoms with Crippen LogP contribution in [0, 0.1) is 17.7 Å². The molecule has 32 heavy (non-hydrogen) atoms. The Morgan fingerprint density at radius 1 is 1.22 bits per heavy atom. The first-order chi connectivity index (χ1) is 15.6. The van der Waals surface area contributed by atoms with Crippen molar-refractivity contribution in [2.45, 2.75) is 24.5 Å². The topological polar surface area (TPSA) is 79.4 Å². The zero-order chi connectivity index (χ0) is 22.8. The molecule has 2 unspecified atom stereocenters. The molecule has 1 saturated heterocycles. The van der Waals surface area contributed by atoms with Gasteiger partial charge in [0.2, 0.25) is 6.41 Å². The number of ketones is 1. The van der Waals surface area contributed by atoms with Crippen LogP contribution in [0.4, 0.5) is 10.1 Å². The lowest BCUT2D eigenvalue weighted by Gasteiger charge is -2.35. The highest BCUT2D eigenvalue weighted by molar-refractivity contribution is 8.00. The molecule has 6 nitrogen and oxygen atoms in total. The van der Waals surface area contributed by atoms with E-state index in [0.717, 1.165) is 38.6 Å². The van der Waals surface area contributed by atoms with Gasteiger partial charge in [-0.25, -0.2) is 4.39 Å². The molecule has 1 amide bonds. The number of anilines is 1. The number of thioether (sulfide) groups is 1. The van der Waals surface area contributed by atoms with E-state index >= 15 is 0 Å². The van der Waals surface area contributed by atoms with Crippen molar-refractivity contribution in [3.05, 3.63) is 60.2 Å². The van der Waals surface area contributed by atoms with Gasteiger partial charge in [-0.15, -0.1) is 0 Å². The minimum absolute atomic E-state index is 0.0447. The maximum atomic E-state index is 13.3. The van der Waals surface area contributed by atoms with Crippen molar-refractivity contribution < 1.29 is 18.8 Å². The fourth-order valence-electron chi connectivity index (χ4n) is 4.13. The first kappa shape index (κ1) is 24.1. The summed E-state index contributed by atoms with van der Waals surface area (Å²) in [5.41, 5.74) is 1.14. The summed E-state index contributed by atoms with van der Waals surface area (Å²) in [6, 6.07) is 9.25. The number of piperidine rings is 1. The summed E-state index contributed by atoms with van der Waals surface area (Å²) >= 11 is 1.64. The Morgan fingerprint density at radius 3 is 2.59 bits per heavy atom. The molecular formula is C24H28FN3O3S. The molecule has 2 aromatic rings. The van der Waals surface area contributed by atoms with E-state index in [0.29, 0.717) is 29.5 Å². The SMILES string of the molecule is O=CCC(C(=O)c1cccnc1)C(SCCN(C=O)c1ccc(F)cc1)C1CCNCC1. The Kier molecular flexibility index (Phi) is 9.37. The molecule has 1 aliphatic heterocycles. The Labute approximate surface area is 192 Å². The van der Waals surface area contributed by atoms with E-state index in [1.54, 1.807) is 48.4 Å². The molecule has 0 bridgehead atoms. The minimum Gasteiger partial charge on any atom is -0.317 e. The van der Waals surface area contributed by atoms with Crippen LogP contribution in [0.1, 0.15) is 29.6 Å². The molecule has 0 spiro atoms. The highest BCUT2D eigenvalue weighted by Gasteiger charge is 2.35. The molecule has 1 aliphatic rings. The van der Waals surface area contributed by atoms with E-state index in [1.807, 2.05) is 0 Å². The third kappa shape index (κ3) is 6.46. The average Bonchev–Trinajstić information content (AvgIpc) is 2.84. The lowest BCUT2D eigenvalue weighted by atomic mass is 9.82. The number of hydrogen-bond acceptors (Lipinski definition) is 6. The number of rotatable bonds is 12. The fourth-order valence-corrected chi connectivity index (χ4v) is 5.72. The Morgan fingerprint density at radius 2 is 1.97 bits per heavy atom. The number of aromatic nitrogens is 1. The highest BCUT2D eigenvalue weighted by atomic mass is 32.2. The van der Waals surface area contributed by atoms with Gasteiger partial charge in [0.15, 0.2) is 5.78 Å². The summed E-state index contributed by atoms with van der Waals surface area (Å²) < 4.78 is 13.2. The van der Waals surface area contributed by atoms with Gasteiger partial charge in [0.25, 0.3) is 0 Å². The monoisotopic (exact) mass is 457 g/mol. The number of carbonyl (C=O) groups excluding carboxylic acids is 3. The van der Waals surface area contributed by atoms with Crippen LogP contribution in [-0.4, -0.2) is 54.1 Å². The number of nitrogens with one attached hydrogen (secondary N) is 1. The van der Waals surface area contributed by atoms with Gasteiger partial charge in [0.05, 0.1) is 0 Å².